The predicted octanol–water partition coefficient (Wildman–Crippen LogP) is 2.22. The molecule has 122 valence electrons. The van der Waals surface area contributed by atoms with Crippen LogP contribution in [0.5, 0.6) is 0 Å². The average Bonchev–Trinajstić information content (AvgIpc) is 2.95. The summed E-state index contributed by atoms with van der Waals surface area (Å²) in [6.45, 7) is 1.96. The van der Waals surface area contributed by atoms with Crippen LogP contribution in [-0.2, 0) is 10.5 Å². The maximum atomic E-state index is 12.4. The van der Waals surface area contributed by atoms with Gasteiger partial charge in [-0.1, -0.05) is 16.9 Å². The van der Waals surface area contributed by atoms with E-state index in [0.29, 0.717) is 16.3 Å². The third kappa shape index (κ3) is 4.82. The second kappa shape index (κ2) is 7.77. The van der Waals surface area contributed by atoms with Gasteiger partial charge in [-0.15, -0.1) is 0 Å². The molecule has 0 aliphatic heterocycles. The predicted molar refractivity (Wildman–Crippen MR) is 84.3 cm³/mol. The van der Waals surface area contributed by atoms with Crippen molar-refractivity contribution >= 4 is 23.6 Å². The number of hydrogen-bond acceptors (Lipinski definition) is 6. The second-order valence-electron chi connectivity index (χ2n) is 4.94. The lowest BCUT2D eigenvalue weighted by molar-refractivity contribution is -0.137. The molecule has 0 bridgehead atoms. The Hall–Kier alpha value is -2.35. The summed E-state index contributed by atoms with van der Waals surface area (Å²) in [5.41, 5.74) is 1.22. The van der Waals surface area contributed by atoms with E-state index >= 15 is 0 Å². The van der Waals surface area contributed by atoms with E-state index < -0.39 is 5.97 Å². The van der Waals surface area contributed by atoms with Crippen molar-refractivity contribution in [3.05, 3.63) is 41.4 Å². The minimum atomic E-state index is -0.938. The fourth-order valence-corrected chi connectivity index (χ4v) is 2.73. The normalized spacial score (nSPS) is 10.5. The zero-order valence-corrected chi connectivity index (χ0v) is 13.7. The molecule has 0 aromatic carbocycles. The highest BCUT2D eigenvalue weighted by Gasteiger charge is 2.18. The van der Waals surface area contributed by atoms with Gasteiger partial charge in [-0.25, -0.2) is 4.98 Å². The van der Waals surface area contributed by atoms with E-state index in [1.807, 2.05) is 13.0 Å². The summed E-state index contributed by atoms with van der Waals surface area (Å²) in [7, 11) is 1.58. The monoisotopic (exact) mass is 335 g/mol. The van der Waals surface area contributed by atoms with Gasteiger partial charge in [0.15, 0.2) is 0 Å². The van der Waals surface area contributed by atoms with Crippen molar-refractivity contribution in [1.82, 2.24) is 15.0 Å². The number of pyridine rings is 1. The SMILES string of the molecule is Cc1cc(CSc2ncccc2C(=O)N(C)CCC(=O)O)no1. The molecule has 0 saturated carbocycles. The average molecular weight is 335 g/mol. The third-order valence-corrected chi connectivity index (χ3v) is 4.08. The number of nitrogens with zero attached hydrogens (tertiary/aromatic N) is 3. The molecule has 23 heavy (non-hydrogen) atoms. The maximum Gasteiger partial charge on any atom is 0.305 e. The van der Waals surface area contributed by atoms with Gasteiger partial charge in [0.25, 0.3) is 5.91 Å². The van der Waals surface area contributed by atoms with Crippen LogP contribution in [0.4, 0.5) is 0 Å². The van der Waals surface area contributed by atoms with E-state index in [0.717, 1.165) is 11.5 Å². The number of carbonyl (C=O) groups is 2. The first kappa shape index (κ1) is 17.0. The van der Waals surface area contributed by atoms with E-state index in [-0.39, 0.29) is 18.9 Å². The Bertz CT molecular complexity index is 702. The summed E-state index contributed by atoms with van der Waals surface area (Å²) < 4.78 is 5.01. The number of aryl methyl sites for hydroxylation is 1. The third-order valence-electron chi connectivity index (χ3n) is 3.04. The number of carboxylic acid groups (broad SMARTS) is 1. The molecule has 7 nitrogen and oxygen atoms in total. The molecule has 0 spiro atoms. The maximum absolute atomic E-state index is 12.4. The molecule has 0 atom stereocenters. The standard InChI is InChI=1S/C15H17N3O4S/c1-10-8-11(17-22-10)9-23-14-12(4-3-6-16-14)15(21)18(2)7-5-13(19)20/h3-4,6,8H,5,7,9H2,1-2H3,(H,19,20). The summed E-state index contributed by atoms with van der Waals surface area (Å²) in [4.78, 5) is 28.7. The molecule has 0 saturated heterocycles. The number of rotatable bonds is 7. The van der Waals surface area contributed by atoms with Gasteiger partial charge in [-0.3, -0.25) is 9.59 Å². The smallest absolute Gasteiger partial charge is 0.305 e. The van der Waals surface area contributed by atoms with E-state index in [4.69, 9.17) is 9.63 Å². The molecule has 0 aliphatic carbocycles. The van der Waals surface area contributed by atoms with Gasteiger partial charge in [0.1, 0.15) is 10.8 Å². The zero-order chi connectivity index (χ0) is 16.8. The largest absolute Gasteiger partial charge is 0.481 e. The minimum Gasteiger partial charge on any atom is -0.481 e. The Kier molecular flexibility index (Phi) is 5.75. The van der Waals surface area contributed by atoms with Gasteiger partial charge < -0.3 is 14.5 Å². The highest BCUT2D eigenvalue weighted by molar-refractivity contribution is 7.98. The molecule has 0 unspecified atom stereocenters. The van der Waals surface area contributed by atoms with E-state index in [2.05, 4.69) is 10.1 Å². The molecule has 1 amide bonds. The van der Waals surface area contributed by atoms with Crippen LogP contribution < -0.4 is 0 Å². The second-order valence-corrected chi connectivity index (χ2v) is 5.91. The molecule has 0 radical (unpaired) electrons. The van der Waals surface area contributed by atoms with Gasteiger partial charge in [0.05, 0.1) is 17.7 Å². The van der Waals surface area contributed by atoms with Crippen LogP contribution in [-0.4, -0.2) is 45.6 Å². The topological polar surface area (TPSA) is 96.5 Å². The molecule has 1 N–H and O–H groups in total. The van der Waals surface area contributed by atoms with Crippen LogP contribution in [0.15, 0.2) is 33.9 Å². The lowest BCUT2D eigenvalue weighted by atomic mass is 10.2. The number of carbonyl (C=O) groups excluding carboxylic acids is 1. The van der Waals surface area contributed by atoms with Crippen molar-refractivity contribution in [3.8, 4) is 0 Å². The zero-order valence-electron chi connectivity index (χ0n) is 12.9. The summed E-state index contributed by atoms with van der Waals surface area (Å²) >= 11 is 1.39. The molecule has 0 fully saturated rings. The molecule has 2 aromatic heterocycles. The van der Waals surface area contributed by atoms with Crippen molar-refractivity contribution in [1.29, 1.82) is 0 Å². The number of carboxylic acids is 1. The van der Waals surface area contributed by atoms with Crippen LogP contribution >= 0.6 is 11.8 Å². The Balaban J connectivity index is 2.06. The van der Waals surface area contributed by atoms with Gasteiger partial charge in [-0.2, -0.15) is 0 Å². The molecule has 0 aliphatic rings. The first-order chi connectivity index (χ1) is 11.0. The number of aliphatic carboxylic acids is 1. The van der Waals surface area contributed by atoms with E-state index in [1.165, 1.54) is 16.7 Å². The van der Waals surface area contributed by atoms with E-state index in [9.17, 15) is 9.59 Å². The van der Waals surface area contributed by atoms with Gasteiger partial charge >= 0.3 is 5.97 Å². The highest BCUT2D eigenvalue weighted by Crippen LogP contribution is 2.24. The molecule has 2 aromatic rings. The molecule has 2 heterocycles. The minimum absolute atomic E-state index is 0.0941. The Labute approximate surface area is 137 Å². The van der Waals surface area contributed by atoms with Crippen molar-refractivity contribution in [3.63, 3.8) is 0 Å². The highest BCUT2D eigenvalue weighted by atomic mass is 32.2. The summed E-state index contributed by atoms with van der Waals surface area (Å²) in [6.07, 6.45) is 1.52. The number of thioether (sulfide) groups is 1. The fourth-order valence-electron chi connectivity index (χ4n) is 1.87. The number of amides is 1. The lowest BCUT2D eigenvalue weighted by Crippen LogP contribution is -2.29. The van der Waals surface area contributed by atoms with Gasteiger partial charge in [0, 0.05) is 31.6 Å². The van der Waals surface area contributed by atoms with Crippen molar-refractivity contribution in [2.75, 3.05) is 13.6 Å². The van der Waals surface area contributed by atoms with Crippen LogP contribution in [0.3, 0.4) is 0 Å². The Morgan fingerprint density at radius 3 is 2.87 bits per heavy atom. The fraction of sp³-hybridized carbons (Fsp3) is 0.333. The van der Waals surface area contributed by atoms with E-state index in [1.54, 1.807) is 25.4 Å². The van der Waals surface area contributed by atoms with Crippen LogP contribution in [0, 0.1) is 6.92 Å². The summed E-state index contributed by atoms with van der Waals surface area (Å²) in [6, 6.07) is 5.20. The first-order valence-electron chi connectivity index (χ1n) is 6.94. The molecule has 8 heteroatoms. The molecular formula is C15H17N3O4S. The quantitative estimate of drug-likeness (QED) is 0.775. The summed E-state index contributed by atoms with van der Waals surface area (Å²) in [5.74, 6) is 0.0735. The van der Waals surface area contributed by atoms with Crippen LogP contribution in [0.2, 0.25) is 0 Å². The van der Waals surface area contributed by atoms with Crippen molar-refractivity contribution in [2.24, 2.45) is 0 Å². The van der Waals surface area contributed by atoms with Crippen molar-refractivity contribution in [2.45, 2.75) is 24.1 Å². The first-order valence-corrected chi connectivity index (χ1v) is 7.93. The van der Waals surface area contributed by atoms with Crippen LogP contribution in [0.25, 0.3) is 0 Å². The Morgan fingerprint density at radius 2 is 2.22 bits per heavy atom. The lowest BCUT2D eigenvalue weighted by Gasteiger charge is -2.17. The number of aromatic nitrogens is 2. The van der Waals surface area contributed by atoms with Crippen molar-refractivity contribution < 1.29 is 19.2 Å². The summed E-state index contributed by atoms with van der Waals surface area (Å²) in [5, 5.41) is 13.2. The van der Waals surface area contributed by atoms with Crippen LogP contribution in [0.1, 0.15) is 28.2 Å². The number of hydrogen-bond donors (Lipinski definition) is 1. The Morgan fingerprint density at radius 1 is 1.43 bits per heavy atom. The van der Waals surface area contributed by atoms with Gasteiger partial charge in [-0.05, 0) is 19.1 Å². The molecular weight excluding hydrogens is 318 g/mol. The molecule has 2 rings (SSSR count). The van der Waals surface area contributed by atoms with Gasteiger partial charge in [0.2, 0.25) is 0 Å².